The number of unbranched alkanes of at least 4 members (excludes halogenated alkanes) is 8. The fourth-order valence-electron chi connectivity index (χ4n) is 4.41. The Morgan fingerprint density at radius 2 is 0.966 bits per heavy atom. The minimum absolute atomic E-state index is 1.24. The van der Waals surface area contributed by atoms with Gasteiger partial charge in [-0.05, 0) is 73.6 Å². The molecule has 0 aromatic heterocycles. The minimum Gasteiger partial charge on any atom is -0.0654 e. The third kappa shape index (κ3) is 9.66. The molecule has 0 heterocycles. The van der Waals surface area contributed by atoms with Gasteiger partial charge in [-0.2, -0.15) is 0 Å². The third-order valence-corrected chi connectivity index (χ3v) is 6.20. The molecule has 0 nitrogen and oxygen atoms in total. The van der Waals surface area contributed by atoms with E-state index in [1.807, 2.05) is 0 Å². The molecule has 0 radical (unpaired) electrons. The predicted molar refractivity (Wildman–Crippen MR) is 130 cm³/mol. The van der Waals surface area contributed by atoms with Gasteiger partial charge in [0.2, 0.25) is 0 Å². The van der Waals surface area contributed by atoms with Crippen molar-refractivity contribution in [2.45, 2.75) is 110 Å². The molecule has 2 aromatic carbocycles. The van der Waals surface area contributed by atoms with E-state index in [1.54, 1.807) is 16.7 Å². The van der Waals surface area contributed by atoms with Gasteiger partial charge in [0.05, 0.1) is 0 Å². The molecular formula is C29H44. The van der Waals surface area contributed by atoms with Crippen molar-refractivity contribution in [2.75, 3.05) is 0 Å². The lowest BCUT2D eigenvalue weighted by molar-refractivity contribution is 0.610. The fourth-order valence-corrected chi connectivity index (χ4v) is 4.41. The Bertz CT molecular complexity index is 640. The van der Waals surface area contributed by atoms with Crippen molar-refractivity contribution in [2.24, 2.45) is 0 Å². The minimum atomic E-state index is 1.24. The Labute approximate surface area is 181 Å². The Morgan fingerprint density at radius 1 is 0.448 bits per heavy atom. The maximum Gasteiger partial charge on any atom is -0.0273 e. The first-order valence-electron chi connectivity index (χ1n) is 12.5. The second-order valence-corrected chi connectivity index (χ2v) is 8.72. The molecule has 0 aliphatic rings. The Morgan fingerprint density at radius 3 is 1.59 bits per heavy atom. The number of hydrogen-bond acceptors (Lipinski definition) is 0. The summed E-state index contributed by atoms with van der Waals surface area (Å²) >= 11 is 0. The van der Waals surface area contributed by atoms with Crippen LogP contribution in [0.2, 0.25) is 0 Å². The lowest BCUT2D eigenvalue weighted by Gasteiger charge is -2.15. The molecule has 0 saturated carbocycles. The van der Waals surface area contributed by atoms with Gasteiger partial charge in [0.25, 0.3) is 0 Å². The smallest absolute Gasteiger partial charge is 0.0273 e. The largest absolute Gasteiger partial charge is 0.0654 e. The lowest BCUT2D eigenvalue weighted by Crippen LogP contribution is -2.02. The van der Waals surface area contributed by atoms with E-state index in [2.05, 4.69) is 62.4 Å². The number of aryl methyl sites for hydroxylation is 3. The molecule has 0 amide bonds. The molecule has 0 spiro atoms. The highest BCUT2D eigenvalue weighted by atomic mass is 14.1. The van der Waals surface area contributed by atoms with Gasteiger partial charge in [-0.3, -0.25) is 0 Å². The molecule has 160 valence electrons. The summed E-state index contributed by atoms with van der Waals surface area (Å²) in [7, 11) is 0. The Kier molecular flexibility index (Phi) is 12.5. The third-order valence-electron chi connectivity index (χ3n) is 6.20. The Hall–Kier alpha value is -1.56. The van der Waals surface area contributed by atoms with Gasteiger partial charge in [0.1, 0.15) is 0 Å². The molecule has 0 bridgehead atoms. The zero-order valence-electron chi connectivity index (χ0n) is 19.2. The number of rotatable bonds is 16. The van der Waals surface area contributed by atoms with Gasteiger partial charge < -0.3 is 0 Å². The van der Waals surface area contributed by atoms with Gasteiger partial charge in [-0.1, -0.05) is 107 Å². The fraction of sp³-hybridized carbons (Fsp3) is 0.586. The highest BCUT2D eigenvalue weighted by molar-refractivity contribution is 5.36. The second-order valence-electron chi connectivity index (χ2n) is 8.72. The van der Waals surface area contributed by atoms with Crippen molar-refractivity contribution in [3.63, 3.8) is 0 Å². The first-order chi connectivity index (χ1) is 14.3. The summed E-state index contributed by atoms with van der Waals surface area (Å²) in [5.41, 5.74) is 6.50. The molecule has 2 aromatic rings. The predicted octanol–water partition coefficient (Wildman–Crippen LogP) is 8.89. The number of benzene rings is 2. The van der Waals surface area contributed by atoms with Gasteiger partial charge in [0, 0.05) is 0 Å². The molecule has 0 unspecified atom stereocenters. The molecule has 0 aliphatic heterocycles. The summed E-state index contributed by atoms with van der Waals surface area (Å²) in [5.74, 6) is 0. The van der Waals surface area contributed by atoms with Gasteiger partial charge >= 0.3 is 0 Å². The van der Waals surface area contributed by atoms with Crippen molar-refractivity contribution in [3.8, 4) is 0 Å². The highest BCUT2D eigenvalue weighted by Gasteiger charge is 2.08. The van der Waals surface area contributed by atoms with Crippen LogP contribution in [-0.2, 0) is 25.7 Å². The van der Waals surface area contributed by atoms with E-state index in [0.717, 1.165) is 0 Å². The van der Waals surface area contributed by atoms with Gasteiger partial charge in [0.15, 0.2) is 0 Å². The zero-order valence-corrected chi connectivity index (χ0v) is 19.2. The van der Waals surface area contributed by atoms with E-state index in [4.69, 9.17) is 0 Å². The average Bonchev–Trinajstić information content (AvgIpc) is 2.75. The van der Waals surface area contributed by atoms with E-state index in [1.165, 1.54) is 102 Å². The maximum absolute atomic E-state index is 2.42. The molecule has 2 rings (SSSR count). The van der Waals surface area contributed by atoms with Crippen LogP contribution in [0, 0.1) is 0 Å². The standard InChI is InChI=1S/C29H44/c1-3-5-11-21-27-23-17-24-28(29(27)25-12-6-4-2)22-16-9-7-8-13-18-26-19-14-10-15-20-26/h10,14-15,17,19-20,23-24H,3-9,11-13,16,18,21-22,25H2,1-2H3. The SMILES string of the molecule is CCCCCc1cccc(CCCCCCCc2ccccc2)c1CCCCC. The molecule has 0 atom stereocenters. The summed E-state index contributed by atoms with van der Waals surface area (Å²) in [6.07, 6.45) is 20.0. The van der Waals surface area contributed by atoms with Crippen LogP contribution >= 0.6 is 0 Å². The van der Waals surface area contributed by atoms with Crippen LogP contribution in [0.4, 0.5) is 0 Å². The first-order valence-corrected chi connectivity index (χ1v) is 12.5. The van der Waals surface area contributed by atoms with E-state index < -0.39 is 0 Å². The molecule has 29 heavy (non-hydrogen) atoms. The van der Waals surface area contributed by atoms with E-state index in [-0.39, 0.29) is 0 Å². The van der Waals surface area contributed by atoms with Gasteiger partial charge in [-0.25, -0.2) is 0 Å². The molecule has 0 fully saturated rings. The topological polar surface area (TPSA) is 0 Å². The van der Waals surface area contributed by atoms with Crippen LogP contribution < -0.4 is 0 Å². The van der Waals surface area contributed by atoms with Crippen molar-refractivity contribution in [3.05, 3.63) is 70.8 Å². The van der Waals surface area contributed by atoms with E-state index in [0.29, 0.717) is 0 Å². The van der Waals surface area contributed by atoms with Crippen molar-refractivity contribution in [1.82, 2.24) is 0 Å². The number of hydrogen-bond donors (Lipinski definition) is 0. The summed E-state index contributed by atoms with van der Waals surface area (Å²) in [4.78, 5) is 0. The normalized spacial score (nSPS) is 11.1. The monoisotopic (exact) mass is 392 g/mol. The van der Waals surface area contributed by atoms with Gasteiger partial charge in [-0.15, -0.1) is 0 Å². The van der Waals surface area contributed by atoms with Crippen LogP contribution in [-0.4, -0.2) is 0 Å². The molecule has 0 saturated heterocycles. The molecule has 0 heteroatoms. The van der Waals surface area contributed by atoms with E-state index >= 15 is 0 Å². The second kappa shape index (κ2) is 15.3. The zero-order chi connectivity index (χ0) is 20.6. The average molecular weight is 393 g/mol. The van der Waals surface area contributed by atoms with Crippen molar-refractivity contribution >= 4 is 0 Å². The summed E-state index contributed by atoms with van der Waals surface area (Å²) < 4.78 is 0. The molecular weight excluding hydrogens is 348 g/mol. The quantitative estimate of drug-likeness (QED) is 0.250. The van der Waals surface area contributed by atoms with E-state index in [9.17, 15) is 0 Å². The van der Waals surface area contributed by atoms with Crippen LogP contribution in [0.3, 0.4) is 0 Å². The summed E-state index contributed by atoms with van der Waals surface area (Å²) in [6.45, 7) is 4.62. The first kappa shape index (κ1) is 23.7. The highest BCUT2D eigenvalue weighted by Crippen LogP contribution is 2.23. The summed E-state index contributed by atoms with van der Waals surface area (Å²) in [5, 5.41) is 0. The van der Waals surface area contributed by atoms with Crippen LogP contribution in [0.25, 0.3) is 0 Å². The van der Waals surface area contributed by atoms with Crippen molar-refractivity contribution < 1.29 is 0 Å². The van der Waals surface area contributed by atoms with Crippen LogP contribution in [0.1, 0.15) is 107 Å². The maximum atomic E-state index is 2.42. The van der Waals surface area contributed by atoms with Crippen LogP contribution in [0.5, 0.6) is 0 Å². The Balaban J connectivity index is 1.76. The molecule has 0 N–H and O–H groups in total. The molecule has 0 aliphatic carbocycles. The summed E-state index contributed by atoms with van der Waals surface area (Å²) in [6, 6.07) is 18.1. The lowest BCUT2D eigenvalue weighted by atomic mass is 9.90. The van der Waals surface area contributed by atoms with Crippen LogP contribution in [0.15, 0.2) is 48.5 Å². The van der Waals surface area contributed by atoms with Crippen molar-refractivity contribution in [1.29, 1.82) is 0 Å².